The van der Waals surface area contributed by atoms with E-state index in [4.69, 9.17) is 5.73 Å². The second-order valence-corrected chi connectivity index (χ2v) is 5.48. The first-order chi connectivity index (χ1) is 8.14. The van der Waals surface area contributed by atoms with Crippen molar-refractivity contribution in [2.24, 2.45) is 5.73 Å². The summed E-state index contributed by atoms with van der Waals surface area (Å²) in [5.74, 6) is 0.732. The van der Waals surface area contributed by atoms with E-state index in [1.165, 1.54) is 0 Å². The Labute approximate surface area is 106 Å². The number of H-pyrrole nitrogens is 1. The third kappa shape index (κ3) is 1.70. The predicted molar refractivity (Wildman–Crippen MR) is 70.0 cm³/mol. The number of nitrogens with two attached hydrogens (primary N) is 1. The van der Waals surface area contributed by atoms with Gasteiger partial charge in [0.05, 0.1) is 10.9 Å². The number of benzene rings is 1. The lowest BCUT2D eigenvalue weighted by Crippen LogP contribution is -2.25. The average molecular weight is 294 g/mol. The highest BCUT2D eigenvalue weighted by Gasteiger charge is 2.45. The molecule has 0 amide bonds. The van der Waals surface area contributed by atoms with E-state index < -0.39 is 0 Å². The fourth-order valence-electron chi connectivity index (χ4n) is 2.05. The van der Waals surface area contributed by atoms with Crippen molar-refractivity contribution in [2.45, 2.75) is 18.3 Å². The second kappa shape index (κ2) is 3.65. The van der Waals surface area contributed by atoms with E-state index in [1.54, 1.807) is 6.07 Å². The maximum absolute atomic E-state index is 11.9. The number of rotatable bonds is 2. The SMILES string of the molecule is NCC1(c2nc3cc(Br)ccc3c(=O)[nH]2)CC1. The van der Waals surface area contributed by atoms with Gasteiger partial charge in [0.1, 0.15) is 5.82 Å². The molecular weight excluding hydrogens is 282 g/mol. The summed E-state index contributed by atoms with van der Waals surface area (Å²) < 4.78 is 0.923. The zero-order valence-corrected chi connectivity index (χ0v) is 10.8. The van der Waals surface area contributed by atoms with Crippen LogP contribution in [0.15, 0.2) is 27.5 Å². The van der Waals surface area contributed by atoms with Gasteiger partial charge in [-0.3, -0.25) is 4.79 Å². The quantitative estimate of drug-likeness (QED) is 0.885. The van der Waals surface area contributed by atoms with Crippen molar-refractivity contribution in [3.63, 3.8) is 0 Å². The van der Waals surface area contributed by atoms with Crippen molar-refractivity contribution >= 4 is 26.8 Å². The van der Waals surface area contributed by atoms with Gasteiger partial charge in [0.2, 0.25) is 0 Å². The average Bonchev–Trinajstić information content (AvgIpc) is 3.09. The molecule has 4 nitrogen and oxygen atoms in total. The summed E-state index contributed by atoms with van der Waals surface area (Å²) in [6.07, 6.45) is 2.01. The van der Waals surface area contributed by atoms with Crippen molar-refractivity contribution in [1.29, 1.82) is 0 Å². The molecule has 5 heteroatoms. The molecule has 0 aliphatic heterocycles. The number of aromatic nitrogens is 2. The van der Waals surface area contributed by atoms with Crippen LogP contribution < -0.4 is 11.3 Å². The molecular formula is C12H12BrN3O. The van der Waals surface area contributed by atoms with Crippen molar-refractivity contribution in [3.05, 3.63) is 38.9 Å². The van der Waals surface area contributed by atoms with Crippen LogP contribution in [0.5, 0.6) is 0 Å². The van der Waals surface area contributed by atoms with E-state index in [-0.39, 0.29) is 11.0 Å². The summed E-state index contributed by atoms with van der Waals surface area (Å²) in [6, 6.07) is 5.48. The van der Waals surface area contributed by atoms with Gasteiger partial charge in [0.25, 0.3) is 5.56 Å². The van der Waals surface area contributed by atoms with E-state index in [0.29, 0.717) is 11.9 Å². The third-order valence-electron chi connectivity index (χ3n) is 3.42. The summed E-state index contributed by atoms with van der Waals surface area (Å²) >= 11 is 3.39. The first-order valence-electron chi connectivity index (χ1n) is 5.55. The number of fused-ring (bicyclic) bond motifs is 1. The Morgan fingerprint density at radius 3 is 2.88 bits per heavy atom. The van der Waals surface area contributed by atoms with Gasteiger partial charge in [-0.05, 0) is 31.0 Å². The Morgan fingerprint density at radius 2 is 2.24 bits per heavy atom. The molecule has 1 aliphatic carbocycles. The summed E-state index contributed by atoms with van der Waals surface area (Å²) in [5.41, 5.74) is 6.30. The molecule has 88 valence electrons. The van der Waals surface area contributed by atoms with E-state index in [2.05, 4.69) is 25.9 Å². The van der Waals surface area contributed by atoms with Crippen molar-refractivity contribution in [2.75, 3.05) is 6.54 Å². The zero-order chi connectivity index (χ0) is 12.0. The maximum Gasteiger partial charge on any atom is 0.258 e. The van der Waals surface area contributed by atoms with Gasteiger partial charge in [-0.2, -0.15) is 0 Å². The summed E-state index contributed by atoms with van der Waals surface area (Å²) in [7, 11) is 0. The number of hydrogen-bond donors (Lipinski definition) is 2. The fraction of sp³-hybridized carbons (Fsp3) is 0.333. The summed E-state index contributed by atoms with van der Waals surface area (Å²) in [6.45, 7) is 0.537. The Hall–Kier alpha value is -1.20. The Kier molecular flexibility index (Phi) is 2.34. The maximum atomic E-state index is 11.9. The van der Waals surface area contributed by atoms with E-state index >= 15 is 0 Å². The zero-order valence-electron chi connectivity index (χ0n) is 9.16. The van der Waals surface area contributed by atoms with Crippen LogP contribution in [-0.4, -0.2) is 16.5 Å². The molecule has 0 bridgehead atoms. The summed E-state index contributed by atoms with van der Waals surface area (Å²) in [4.78, 5) is 19.3. The fourth-order valence-corrected chi connectivity index (χ4v) is 2.40. The standard InChI is InChI=1S/C12H12BrN3O/c13-7-1-2-8-9(5-7)15-11(16-10(8)17)12(6-14)3-4-12/h1-2,5H,3-4,6,14H2,(H,15,16,17). The van der Waals surface area contributed by atoms with E-state index in [0.717, 1.165) is 28.7 Å². The molecule has 1 heterocycles. The van der Waals surface area contributed by atoms with E-state index in [1.807, 2.05) is 12.1 Å². The molecule has 0 spiro atoms. The summed E-state index contributed by atoms with van der Waals surface area (Å²) in [5, 5.41) is 0.616. The molecule has 1 aromatic heterocycles. The van der Waals surface area contributed by atoms with Crippen molar-refractivity contribution in [3.8, 4) is 0 Å². The van der Waals surface area contributed by atoms with Gasteiger partial charge in [0, 0.05) is 16.4 Å². The predicted octanol–water partition coefficient (Wildman–Crippen LogP) is 1.68. The minimum Gasteiger partial charge on any atom is -0.329 e. The van der Waals surface area contributed by atoms with Crippen LogP contribution in [0.4, 0.5) is 0 Å². The number of nitrogens with one attached hydrogen (secondary N) is 1. The highest BCUT2D eigenvalue weighted by Crippen LogP contribution is 2.45. The molecule has 1 aliphatic rings. The number of halogens is 1. The van der Waals surface area contributed by atoms with Crippen LogP contribution in [0.2, 0.25) is 0 Å². The van der Waals surface area contributed by atoms with Crippen LogP contribution in [0.3, 0.4) is 0 Å². The smallest absolute Gasteiger partial charge is 0.258 e. The molecule has 0 atom stereocenters. The lowest BCUT2D eigenvalue weighted by molar-refractivity contribution is 0.650. The lowest BCUT2D eigenvalue weighted by atomic mass is 10.1. The molecule has 1 saturated carbocycles. The Morgan fingerprint density at radius 1 is 1.47 bits per heavy atom. The van der Waals surface area contributed by atoms with Crippen LogP contribution in [0, 0.1) is 0 Å². The van der Waals surface area contributed by atoms with Crippen LogP contribution in [0.1, 0.15) is 18.7 Å². The highest BCUT2D eigenvalue weighted by molar-refractivity contribution is 9.10. The number of nitrogens with zero attached hydrogens (tertiary/aromatic N) is 1. The van der Waals surface area contributed by atoms with Gasteiger partial charge < -0.3 is 10.7 Å². The number of hydrogen-bond acceptors (Lipinski definition) is 3. The van der Waals surface area contributed by atoms with Gasteiger partial charge in [0.15, 0.2) is 0 Å². The van der Waals surface area contributed by atoms with E-state index in [9.17, 15) is 4.79 Å². The minimum absolute atomic E-state index is 0.0859. The molecule has 3 N–H and O–H groups in total. The molecule has 0 unspecified atom stereocenters. The molecule has 0 saturated heterocycles. The molecule has 2 aromatic rings. The number of aromatic amines is 1. The first kappa shape index (κ1) is 10.9. The first-order valence-corrected chi connectivity index (χ1v) is 6.34. The van der Waals surface area contributed by atoms with Crippen molar-refractivity contribution < 1.29 is 0 Å². The Balaban J connectivity index is 2.26. The van der Waals surface area contributed by atoms with Gasteiger partial charge in [-0.25, -0.2) is 4.98 Å². The molecule has 3 rings (SSSR count). The monoisotopic (exact) mass is 293 g/mol. The van der Waals surface area contributed by atoms with Crippen LogP contribution in [0.25, 0.3) is 10.9 Å². The second-order valence-electron chi connectivity index (χ2n) is 4.56. The Bertz CT molecular complexity index is 646. The third-order valence-corrected chi connectivity index (χ3v) is 3.91. The van der Waals surface area contributed by atoms with Crippen LogP contribution >= 0.6 is 15.9 Å². The molecule has 17 heavy (non-hydrogen) atoms. The molecule has 0 radical (unpaired) electrons. The van der Waals surface area contributed by atoms with Gasteiger partial charge >= 0.3 is 0 Å². The lowest BCUT2D eigenvalue weighted by Gasteiger charge is -2.11. The molecule has 1 fully saturated rings. The normalized spacial score (nSPS) is 17.3. The van der Waals surface area contributed by atoms with Crippen LogP contribution in [-0.2, 0) is 5.41 Å². The van der Waals surface area contributed by atoms with Gasteiger partial charge in [-0.15, -0.1) is 0 Å². The van der Waals surface area contributed by atoms with Gasteiger partial charge in [-0.1, -0.05) is 15.9 Å². The topological polar surface area (TPSA) is 71.8 Å². The highest BCUT2D eigenvalue weighted by atomic mass is 79.9. The molecule has 1 aromatic carbocycles. The van der Waals surface area contributed by atoms with Crippen molar-refractivity contribution in [1.82, 2.24) is 9.97 Å². The minimum atomic E-state index is -0.0876. The largest absolute Gasteiger partial charge is 0.329 e.